The average Bonchev–Trinajstić information content (AvgIpc) is 3.63. The van der Waals surface area contributed by atoms with E-state index < -0.39 is 0 Å². The number of hydrogen-bond acceptors (Lipinski definition) is 4. The van der Waals surface area contributed by atoms with Crippen LogP contribution in [0, 0.1) is 5.92 Å². The highest BCUT2D eigenvalue weighted by atomic mass is 16.5. The molecule has 0 saturated carbocycles. The van der Waals surface area contributed by atoms with Crippen molar-refractivity contribution >= 4 is 17.1 Å². The summed E-state index contributed by atoms with van der Waals surface area (Å²) in [5.74, 6) is 2.45. The van der Waals surface area contributed by atoms with Crippen LogP contribution in [0.1, 0.15) is 18.9 Å². The minimum atomic E-state index is 0.356. The minimum Gasteiger partial charge on any atom is -0.457 e. The summed E-state index contributed by atoms with van der Waals surface area (Å²) in [7, 11) is 0. The summed E-state index contributed by atoms with van der Waals surface area (Å²) in [6.45, 7) is 3.32. The molecule has 0 bridgehead atoms. The molecule has 30 heavy (non-hydrogen) atoms. The number of benzene rings is 2. The Hall–Kier alpha value is -3.24. The maximum absolute atomic E-state index is 6.30. The lowest BCUT2D eigenvalue weighted by Crippen LogP contribution is -2.33. The Balaban J connectivity index is 1.41. The van der Waals surface area contributed by atoms with Crippen LogP contribution in [0.15, 0.2) is 90.4 Å². The van der Waals surface area contributed by atoms with E-state index >= 15 is 0 Å². The number of allylic oxidation sites excluding steroid dienone is 5. The number of anilines is 2. The molecule has 0 aromatic heterocycles. The van der Waals surface area contributed by atoms with Crippen LogP contribution in [-0.4, -0.2) is 18.6 Å². The molecule has 3 aliphatic heterocycles. The van der Waals surface area contributed by atoms with E-state index in [0.29, 0.717) is 18.0 Å². The maximum Gasteiger partial charge on any atom is 0.151 e. The Labute approximate surface area is 177 Å². The summed E-state index contributed by atoms with van der Waals surface area (Å²) in [5.41, 5.74) is 5.73. The van der Waals surface area contributed by atoms with Gasteiger partial charge in [0.15, 0.2) is 5.75 Å². The van der Waals surface area contributed by atoms with Gasteiger partial charge >= 0.3 is 0 Å². The first-order chi connectivity index (χ1) is 14.8. The predicted molar refractivity (Wildman–Crippen MR) is 121 cm³/mol. The molecule has 2 aromatic rings. The third kappa shape index (κ3) is 3.04. The van der Waals surface area contributed by atoms with Crippen LogP contribution in [0.5, 0.6) is 5.75 Å². The molecule has 1 fully saturated rings. The molecule has 3 unspecified atom stereocenters. The topological polar surface area (TPSA) is 46.4 Å². The van der Waals surface area contributed by atoms with Crippen molar-refractivity contribution in [1.29, 1.82) is 0 Å². The van der Waals surface area contributed by atoms with Gasteiger partial charge in [0.2, 0.25) is 0 Å². The molecule has 4 nitrogen and oxygen atoms in total. The zero-order valence-electron chi connectivity index (χ0n) is 17.0. The molecule has 0 amide bonds. The summed E-state index contributed by atoms with van der Waals surface area (Å²) >= 11 is 0. The Morgan fingerprint density at radius 2 is 1.97 bits per heavy atom. The van der Waals surface area contributed by atoms with Gasteiger partial charge in [0.05, 0.1) is 17.4 Å². The van der Waals surface area contributed by atoms with E-state index in [4.69, 9.17) is 4.74 Å². The van der Waals surface area contributed by atoms with Crippen molar-refractivity contribution in [3.05, 3.63) is 95.9 Å². The molecule has 6 rings (SSSR count). The summed E-state index contributed by atoms with van der Waals surface area (Å²) in [6, 6.07) is 18.0. The monoisotopic (exact) mass is 395 g/mol. The minimum absolute atomic E-state index is 0.356. The zero-order valence-corrected chi connectivity index (χ0v) is 17.0. The molecule has 0 spiro atoms. The number of hydrogen-bond donors (Lipinski definition) is 2. The maximum atomic E-state index is 6.30. The first kappa shape index (κ1) is 17.6. The number of fused-ring (bicyclic) bond motifs is 1. The Morgan fingerprint density at radius 3 is 2.87 bits per heavy atom. The number of para-hydroxylation sites is 2. The fourth-order valence-electron chi connectivity index (χ4n) is 4.47. The van der Waals surface area contributed by atoms with Crippen molar-refractivity contribution in [2.75, 3.05) is 11.4 Å². The number of dihydropyridines is 1. The molecule has 2 N–H and O–H groups in total. The van der Waals surface area contributed by atoms with Gasteiger partial charge in [-0.1, -0.05) is 49.4 Å². The number of nitrogens with zero attached hydrogens (tertiary/aromatic N) is 1. The lowest BCUT2D eigenvalue weighted by molar-refractivity contribution is 0.371. The van der Waals surface area contributed by atoms with Crippen molar-refractivity contribution in [1.82, 2.24) is 10.6 Å². The van der Waals surface area contributed by atoms with Gasteiger partial charge < -0.3 is 20.3 Å². The molecule has 1 saturated heterocycles. The second kappa shape index (κ2) is 6.92. The van der Waals surface area contributed by atoms with Gasteiger partial charge in [0, 0.05) is 30.4 Å². The van der Waals surface area contributed by atoms with E-state index in [0.717, 1.165) is 41.5 Å². The van der Waals surface area contributed by atoms with Crippen molar-refractivity contribution < 1.29 is 4.74 Å². The number of ether oxygens (including phenoxy) is 1. The van der Waals surface area contributed by atoms with Crippen LogP contribution in [-0.2, 0) is 0 Å². The van der Waals surface area contributed by atoms with E-state index in [1.807, 2.05) is 6.07 Å². The molecule has 3 atom stereocenters. The fraction of sp³-hybridized carbons (Fsp3) is 0.231. The molecule has 4 aliphatic rings. The van der Waals surface area contributed by atoms with Crippen LogP contribution in [0.4, 0.5) is 11.4 Å². The van der Waals surface area contributed by atoms with Crippen molar-refractivity contribution in [2.24, 2.45) is 5.92 Å². The summed E-state index contributed by atoms with van der Waals surface area (Å²) in [6.07, 6.45) is 12.0. The first-order valence-corrected chi connectivity index (χ1v) is 10.7. The Bertz CT molecular complexity index is 1120. The quantitative estimate of drug-likeness (QED) is 0.728. The summed E-state index contributed by atoms with van der Waals surface area (Å²) < 4.78 is 6.30. The van der Waals surface area contributed by atoms with Crippen LogP contribution < -0.4 is 20.3 Å². The molecule has 4 heteroatoms. The average molecular weight is 396 g/mol. The summed E-state index contributed by atoms with van der Waals surface area (Å²) in [4.78, 5) is 2.33. The molecule has 2 aromatic carbocycles. The highest BCUT2D eigenvalue weighted by molar-refractivity contribution is 5.80. The highest BCUT2D eigenvalue weighted by Gasteiger charge is 2.31. The van der Waals surface area contributed by atoms with Crippen molar-refractivity contribution in [3.8, 4) is 5.75 Å². The zero-order chi connectivity index (χ0) is 20.1. The molecular weight excluding hydrogens is 370 g/mol. The van der Waals surface area contributed by atoms with E-state index in [1.165, 1.54) is 11.3 Å². The van der Waals surface area contributed by atoms with Crippen LogP contribution >= 0.6 is 0 Å². The van der Waals surface area contributed by atoms with E-state index in [9.17, 15) is 0 Å². The third-order valence-electron chi connectivity index (χ3n) is 6.15. The third-order valence-corrected chi connectivity index (χ3v) is 6.15. The molecule has 1 aliphatic carbocycles. The normalized spacial score (nSPS) is 26.4. The van der Waals surface area contributed by atoms with E-state index in [1.54, 1.807) is 0 Å². The van der Waals surface area contributed by atoms with Gasteiger partial charge in [-0.05, 0) is 47.9 Å². The first-order valence-electron chi connectivity index (χ1n) is 10.7. The van der Waals surface area contributed by atoms with Gasteiger partial charge in [-0.25, -0.2) is 0 Å². The lowest BCUT2D eigenvalue weighted by Gasteiger charge is -2.36. The standard InChI is InChI=1S/C26H25N3O/c1-17-12-13-24-26(14-17)30-25-11-3-2-10-23(25)29(24)19-7-4-6-18(15-19)20-8-5-9-21(28-20)22-16-27-22/h2-13,15,17,21-22,27-28H,14,16H2,1H3. The summed E-state index contributed by atoms with van der Waals surface area (Å²) in [5, 5.41) is 7.09. The van der Waals surface area contributed by atoms with E-state index in [-0.39, 0.29) is 0 Å². The SMILES string of the molecule is CC1C=CC2=C(C1)Oc1ccccc1N2c1cccc(C2=CC=CC(C3CN3)N2)c1. The van der Waals surface area contributed by atoms with Gasteiger partial charge in [0.25, 0.3) is 0 Å². The van der Waals surface area contributed by atoms with Gasteiger partial charge in [-0.15, -0.1) is 0 Å². The van der Waals surface area contributed by atoms with Gasteiger partial charge in [-0.3, -0.25) is 0 Å². The Morgan fingerprint density at radius 1 is 1.07 bits per heavy atom. The number of nitrogens with one attached hydrogen (secondary N) is 2. The molecule has 0 radical (unpaired) electrons. The fourth-order valence-corrected chi connectivity index (χ4v) is 4.47. The van der Waals surface area contributed by atoms with Crippen molar-refractivity contribution in [2.45, 2.75) is 25.4 Å². The molecule has 150 valence electrons. The Kier molecular flexibility index (Phi) is 4.06. The number of rotatable bonds is 3. The van der Waals surface area contributed by atoms with Crippen LogP contribution in [0.3, 0.4) is 0 Å². The van der Waals surface area contributed by atoms with Crippen LogP contribution in [0.25, 0.3) is 5.70 Å². The van der Waals surface area contributed by atoms with Gasteiger partial charge in [-0.2, -0.15) is 0 Å². The molecule has 3 heterocycles. The smallest absolute Gasteiger partial charge is 0.151 e. The highest BCUT2D eigenvalue weighted by Crippen LogP contribution is 2.45. The second-order valence-corrected chi connectivity index (χ2v) is 8.45. The van der Waals surface area contributed by atoms with E-state index in [2.05, 4.69) is 95.3 Å². The van der Waals surface area contributed by atoms with Gasteiger partial charge in [0.1, 0.15) is 5.76 Å². The second-order valence-electron chi connectivity index (χ2n) is 8.45. The largest absolute Gasteiger partial charge is 0.457 e. The molecular formula is C26H25N3O. The van der Waals surface area contributed by atoms with Crippen LogP contribution in [0.2, 0.25) is 0 Å². The predicted octanol–water partition coefficient (Wildman–Crippen LogP) is 4.87. The lowest BCUT2D eigenvalue weighted by atomic mass is 9.97. The van der Waals surface area contributed by atoms with Crippen molar-refractivity contribution in [3.63, 3.8) is 0 Å².